The van der Waals surface area contributed by atoms with E-state index in [1.54, 1.807) is 24.3 Å². The van der Waals surface area contributed by atoms with Crippen molar-refractivity contribution in [2.45, 2.75) is 60.0 Å². The van der Waals surface area contributed by atoms with Gasteiger partial charge in [-0.3, -0.25) is 4.89 Å². The summed E-state index contributed by atoms with van der Waals surface area (Å²) in [7, 11) is 0. The molecular formula is C20H29O4. The van der Waals surface area contributed by atoms with E-state index in [1.165, 1.54) is 6.42 Å². The summed E-state index contributed by atoms with van der Waals surface area (Å²) in [5.74, 6) is 1.67. The molecule has 2 rings (SSSR count). The number of rotatable bonds is 6. The molecule has 0 bridgehead atoms. The van der Waals surface area contributed by atoms with Crippen LogP contribution in [-0.2, 0) is 9.78 Å². The largest absolute Gasteiger partial charge is 0.491 e. The van der Waals surface area contributed by atoms with Gasteiger partial charge in [0.25, 0.3) is 0 Å². The second-order valence-electron chi connectivity index (χ2n) is 7.35. The Morgan fingerprint density at radius 3 is 2.33 bits per heavy atom. The molecular weight excluding hydrogens is 304 g/mol. The van der Waals surface area contributed by atoms with Crippen LogP contribution in [0.3, 0.4) is 0 Å². The van der Waals surface area contributed by atoms with Crippen LogP contribution < -0.4 is 4.74 Å². The molecule has 0 aliphatic heterocycles. The Morgan fingerprint density at radius 2 is 1.75 bits per heavy atom. The second-order valence-corrected chi connectivity index (χ2v) is 7.35. The lowest BCUT2D eigenvalue weighted by molar-refractivity contribution is -0.251. The first-order chi connectivity index (χ1) is 11.4. The van der Waals surface area contributed by atoms with Gasteiger partial charge in [-0.25, -0.2) is 4.79 Å². The van der Waals surface area contributed by atoms with Gasteiger partial charge in [0.1, 0.15) is 5.75 Å². The van der Waals surface area contributed by atoms with Crippen molar-refractivity contribution in [2.24, 2.45) is 17.8 Å². The molecule has 1 saturated carbocycles. The minimum Gasteiger partial charge on any atom is -0.491 e. The Kier molecular flexibility index (Phi) is 6.67. The van der Waals surface area contributed by atoms with Crippen LogP contribution in [0.15, 0.2) is 24.3 Å². The summed E-state index contributed by atoms with van der Waals surface area (Å²) in [5, 5.41) is 0. The number of hydrogen-bond acceptors (Lipinski definition) is 4. The van der Waals surface area contributed by atoms with Gasteiger partial charge in [-0.1, -0.05) is 27.2 Å². The lowest BCUT2D eigenvalue weighted by Gasteiger charge is -2.34. The highest BCUT2D eigenvalue weighted by Crippen LogP contribution is 2.40. The van der Waals surface area contributed by atoms with Gasteiger partial charge in [0.15, 0.2) is 6.10 Å². The fourth-order valence-corrected chi connectivity index (χ4v) is 3.10. The average Bonchev–Trinajstić information content (AvgIpc) is 2.52. The number of carbonyl (C=O) groups is 1. The maximum absolute atomic E-state index is 12.2. The number of ether oxygens (including phenoxy) is 1. The lowest BCUT2D eigenvalue weighted by atomic mass is 9.75. The predicted molar refractivity (Wildman–Crippen MR) is 93.3 cm³/mol. The third-order valence-electron chi connectivity index (χ3n) is 4.42. The molecule has 133 valence electrons. The number of carbonyl (C=O) groups excluding carboxylic acids is 1. The molecule has 1 aromatic carbocycles. The zero-order chi connectivity index (χ0) is 17.7. The minimum absolute atomic E-state index is 0.101. The molecule has 4 nitrogen and oxygen atoms in total. The van der Waals surface area contributed by atoms with Gasteiger partial charge in [0.2, 0.25) is 0 Å². The minimum atomic E-state index is -0.473. The molecule has 0 saturated heterocycles. The van der Waals surface area contributed by atoms with Crippen LogP contribution in [0.5, 0.6) is 5.75 Å². The van der Waals surface area contributed by atoms with E-state index in [0.717, 1.165) is 24.7 Å². The number of hydrogen-bond donors (Lipinski definition) is 0. The van der Waals surface area contributed by atoms with E-state index < -0.39 is 5.97 Å². The SMILES string of the molecule is CC1CCC(C(C)C)[C](OOC(=O)c2ccc(OC(C)C)cc2)C1. The second kappa shape index (κ2) is 8.52. The van der Waals surface area contributed by atoms with Crippen molar-refractivity contribution in [2.75, 3.05) is 0 Å². The van der Waals surface area contributed by atoms with E-state index in [1.807, 2.05) is 13.8 Å². The maximum Gasteiger partial charge on any atom is 0.373 e. The molecule has 0 aromatic heterocycles. The van der Waals surface area contributed by atoms with Crippen LogP contribution in [0.1, 0.15) is 64.2 Å². The van der Waals surface area contributed by atoms with Crippen LogP contribution in [0.4, 0.5) is 0 Å². The topological polar surface area (TPSA) is 44.8 Å². The van der Waals surface area contributed by atoms with Gasteiger partial charge in [-0.05, 0) is 68.7 Å². The molecule has 24 heavy (non-hydrogen) atoms. The van der Waals surface area contributed by atoms with Crippen molar-refractivity contribution in [3.63, 3.8) is 0 Å². The Balaban J connectivity index is 1.91. The fraction of sp³-hybridized carbons (Fsp3) is 0.600. The van der Waals surface area contributed by atoms with E-state index in [0.29, 0.717) is 23.3 Å². The highest BCUT2D eigenvalue weighted by Gasteiger charge is 2.34. The summed E-state index contributed by atoms with van der Waals surface area (Å²) in [4.78, 5) is 22.8. The Hall–Kier alpha value is -1.55. The Morgan fingerprint density at radius 1 is 1.08 bits per heavy atom. The zero-order valence-electron chi connectivity index (χ0n) is 15.4. The van der Waals surface area contributed by atoms with Crippen molar-refractivity contribution in [1.82, 2.24) is 0 Å². The van der Waals surface area contributed by atoms with Gasteiger partial charge in [-0.15, -0.1) is 0 Å². The van der Waals surface area contributed by atoms with Crippen LogP contribution in [-0.4, -0.2) is 12.1 Å². The first-order valence-corrected chi connectivity index (χ1v) is 8.88. The van der Waals surface area contributed by atoms with E-state index >= 15 is 0 Å². The molecule has 1 aliphatic carbocycles. The zero-order valence-corrected chi connectivity index (χ0v) is 15.4. The predicted octanol–water partition coefficient (Wildman–Crippen LogP) is 5.19. The third-order valence-corrected chi connectivity index (χ3v) is 4.42. The van der Waals surface area contributed by atoms with E-state index in [4.69, 9.17) is 14.5 Å². The van der Waals surface area contributed by atoms with Crippen LogP contribution in [0.25, 0.3) is 0 Å². The maximum atomic E-state index is 12.2. The number of benzene rings is 1. The molecule has 1 fully saturated rings. The normalized spacial score (nSPS) is 22.0. The molecule has 0 spiro atoms. The molecule has 0 amide bonds. The van der Waals surface area contributed by atoms with Gasteiger partial charge in [0.05, 0.1) is 11.7 Å². The van der Waals surface area contributed by atoms with Crippen LogP contribution in [0, 0.1) is 23.9 Å². The Labute approximate surface area is 145 Å². The fourth-order valence-electron chi connectivity index (χ4n) is 3.10. The molecule has 1 radical (unpaired) electrons. The van der Waals surface area contributed by atoms with Crippen molar-refractivity contribution in [1.29, 1.82) is 0 Å². The van der Waals surface area contributed by atoms with Gasteiger partial charge < -0.3 is 4.74 Å². The summed E-state index contributed by atoms with van der Waals surface area (Å²) in [6.45, 7) is 10.5. The molecule has 0 N–H and O–H groups in total. The first-order valence-electron chi connectivity index (χ1n) is 8.88. The summed E-state index contributed by atoms with van der Waals surface area (Å²) < 4.78 is 5.57. The van der Waals surface area contributed by atoms with Gasteiger partial charge >= 0.3 is 5.97 Å². The van der Waals surface area contributed by atoms with Crippen molar-refractivity contribution in [3.8, 4) is 5.75 Å². The summed E-state index contributed by atoms with van der Waals surface area (Å²) in [5.41, 5.74) is 0.455. The highest BCUT2D eigenvalue weighted by atomic mass is 17.2. The summed E-state index contributed by atoms with van der Waals surface area (Å²) in [6, 6.07) is 6.92. The molecule has 2 unspecified atom stereocenters. The van der Waals surface area contributed by atoms with E-state index in [-0.39, 0.29) is 6.10 Å². The summed E-state index contributed by atoms with van der Waals surface area (Å²) >= 11 is 0. The molecule has 0 heterocycles. The summed E-state index contributed by atoms with van der Waals surface area (Å²) in [6.07, 6.45) is 4.14. The average molecular weight is 333 g/mol. The standard InChI is InChI=1S/C20H29O4/c1-13(2)18-11-6-15(5)12-19(18)23-24-20(21)16-7-9-17(10-8-16)22-14(3)4/h7-10,13-15,18H,6,11-12H2,1-5H3. The quantitative estimate of drug-likeness (QED) is 0.531. The molecule has 1 aromatic rings. The third kappa shape index (κ3) is 5.23. The van der Waals surface area contributed by atoms with E-state index in [9.17, 15) is 4.79 Å². The highest BCUT2D eigenvalue weighted by molar-refractivity contribution is 5.89. The van der Waals surface area contributed by atoms with E-state index in [2.05, 4.69) is 20.8 Å². The van der Waals surface area contributed by atoms with Gasteiger partial charge in [-0.2, -0.15) is 4.89 Å². The lowest BCUT2D eigenvalue weighted by Crippen LogP contribution is -2.28. The molecule has 1 aliphatic rings. The Bertz CT molecular complexity index is 521. The molecule has 4 heteroatoms. The smallest absolute Gasteiger partial charge is 0.373 e. The van der Waals surface area contributed by atoms with Gasteiger partial charge in [0, 0.05) is 0 Å². The first kappa shape index (κ1) is 18.8. The van der Waals surface area contributed by atoms with Crippen molar-refractivity contribution < 1.29 is 19.3 Å². The van der Waals surface area contributed by atoms with Crippen molar-refractivity contribution >= 4 is 5.97 Å². The van der Waals surface area contributed by atoms with Crippen molar-refractivity contribution in [3.05, 3.63) is 35.9 Å². The molecule has 2 atom stereocenters. The van der Waals surface area contributed by atoms with Crippen LogP contribution >= 0.6 is 0 Å². The van der Waals surface area contributed by atoms with Crippen LogP contribution in [0.2, 0.25) is 0 Å². The monoisotopic (exact) mass is 333 g/mol.